The van der Waals surface area contributed by atoms with Gasteiger partial charge in [0, 0.05) is 24.8 Å². The van der Waals surface area contributed by atoms with Crippen LogP contribution < -0.4 is 5.32 Å². The van der Waals surface area contributed by atoms with E-state index in [-0.39, 0.29) is 12.0 Å². The average Bonchev–Trinajstić information content (AvgIpc) is 2.48. The lowest BCUT2D eigenvalue weighted by Gasteiger charge is -2.26. The van der Waals surface area contributed by atoms with Crippen molar-refractivity contribution >= 4 is 21.4 Å². The van der Waals surface area contributed by atoms with Gasteiger partial charge in [-0.2, -0.15) is 0 Å². The van der Waals surface area contributed by atoms with E-state index in [2.05, 4.69) is 5.32 Å². The van der Waals surface area contributed by atoms with Crippen LogP contribution in [0, 0.1) is 5.92 Å². The first-order valence-electron chi connectivity index (χ1n) is 7.68. The Morgan fingerprint density at radius 2 is 2.09 bits per heavy atom. The molecule has 0 aromatic heterocycles. The SMILES string of the molecule is COCC[C@H](NC[C@H]1CCCS(=O)(=O)C1)c1ccc(Cl)cc1. The normalized spacial score (nSPS) is 22.4. The van der Waals surface area contributed by atoms with Crippen molar-refractivity contribution in [2.24, 2.45) is 5.92 Å². The Morgan fingerprint density at radius 3 is 2.73 bits per heavy atom. The number of methoxy groups -OCH3 is 1. The molecule has 1 N–H and O–H groups in total. The summed E-state index contributed by atoms with van der Waals surface area (Å²) in [6, 6.07) is 7.93. The first kappa shape index (κ1) is 17.7. The molecule has 1 aliphatic heterocycles. The summed E-state index contributed by atoms with van der Waals surface area (Å²) in [7, 11) is -1.16. The van der Waals surface area contributed by atoms with Gasteiger partial charge in [0.1, 0.15) is 0 Å². The van der Waals surface area contributed by atoms with Gasteiger partial charge >= 0.3 is 0 Å². The van der Waals surface area contributed by atoms with Crippen LogP contribution in [0.15, 0.2) is 24.3 Å². The molecule has 0 bridgehead atoms. The number of sulfone groups is 1. The molecule has 1 fully saturated rings. The molecule has 6 heteroatoms. The summed E-state index contributed by atoms with van der Waals surface area (Å²) in [6.45, 7) is 1.37. The van der Waals surface area contributed by atoms with E-state index in [0.717, 1.165) is 31.4 Å². The second-order valence-electron chi connectivity index (χ2n) is 5.92. The number of ether oxygens (including phenoxy) is 1. The molecule has 0 radical (unpaired) electrons. The van der Waals surface area contributed by atoms with Crippen molar-refractivity contribution in [1.82, 2.24) is 5.32 Å². The van der Waals surface area contributed by atoms with Crippen molar-refractivity contribution in [3.05, 3.63) is 34.9 Å². The monoisotopic (exact) mass is 345 g/mol. The molecule has 0 unspecified atom stereocenters. The number of hydrogen-bond acceptors (Lipinski definition) is 4. The predicted molar refractivity (Wildman–Crippen MR) is 90.1 cm³/mol. The van der Waals surface area contributed by atoms with Crippen LogP contribution in [-0.4, -0.2) is 40.2 Å². The molecular formula is C16H24ClNO3S. The van der Waals surface area contributed by atoms with Crippen molar-refractivity contribution in [2.75, 3.05) is 31.8 Å². The van der Waals surface area contributed by atoms with Gasteiger partial charge in [-0.05, 0) is 49.4 Å². The first-order valence-corrected chi connectivity index (χ1v) is 9.88. The zero-order valence-electron chi connectivity index (χ0n) is 12.9. The minimum Gasteiger partial charge on any atom is -0.385 e. The maximum atomic E-state index is 11.7. The lowest BCUT2D eigenvalue weighted by atomic mass is 10.0. The van der Waals surface area contributed by atoms with E-state index in [1.165, 1.54) is 0 Å². The Balaban J connectivity index is 1.96. The van der Waals surface area contributed by atoms with Crippen LogP contribution in [0.2, 0.25) is 5.02 Å². The van der Waals surface area contributed by atoms with Gasteiger partial charge in [-0.1, -0.05) is 23.7 Å². The standard InChI is InChI=1S/C16H24ClNO3S/c1-21-9-8-16(14-4-6-15(17)7-5-14)18-11-13-3-2-10-22(19,20)12-13/h4-7,13,16,18H,2-3,8-12H2,1H3/t13-,16+/m1/s1. The van der Waals surface area contributed by atoms with E-state index in [4.69, 9.17) is 16.3 Å². The van der Waals surface area contributed by atoms with Crippen LogP contribution in [0.3, 0.4) is 0 Å². The van der Waals surface area contributed by atoms with E-state index in [0.29, 0.717) is 23.1 Å². The molecule has 0 amide bonds. The van der Waals surface area contributed by atoms with Gasteiger partial charge < -0.3 is 10.1 Å². The molecule has 0 saturated carbocycles. The van der Waals surface area contributed by atoms with Gasteiger partial charge in [-0.25, -0.2) is 8.42 Å². The fourth-order valence-electron chi connectivity index (χ4n) is 2.90. The van der Waals surface area contributed by atoms with Crippen LogP contribution in [0.25, 0.3) is 0 Å². The van der Waals surface area contributed by atoms with Crippen LogP contribution in [-0.2, 0) is 14.6 Å². The largest absolute Gasteiger partial charge is 0.385 e. The van der Waals surface area contributed by atoms with Gasteiger partial charge in [0.2, 0.25) is 0 Å². The average molecular weight is 346 g/mol. The Kier molecular flexibility index (Phi) is 6.68. The van der Waals surface area contributed by atoms with Crippen molar-refractivity contribution in [2.45, 2.75) is 25.3 Å². The highest BCUT2D eigenvalue weighted by molar-refractivity contribution is 7.91. The topological polar surface area (TPSA) is 55.4 Å². The van der Waals surface area contributed by atoms with Crippen molar-refractivity contribution < 1.29 is 13.2 Å². The van der Waals surface area contributed by atoms with Crippen LogP contribution in [0.5, 0.6) is 0 Å². The summed E-state index contributed by atoms with van der Waals surface area (Å²) in [5, 5.41) is 4.23. The minimum absolute atomic E-state index is 0.154. The Morgan fingerprint density at radius 1 is 1.36 bits per heavy atom. The second-order valence-corrected chi connectivity index (χ2v) is 8.58. The van der Waals surface area contributed by atoms with Crippen LogP contribution in [0.4, 0.5) is 0 Å². The molecule has 22 heavy (non-hydrogen) atoms. The maximum Gasteiger partial charge on any atom is 0.150 e. The summed E-state index contributed by atoms with van der Waals surface area (Å²) >= 11 is 5.94. The highest BCUT2D eigenvalue weighted by atomic mass is 35.5. The first-order chi connectivity index (χ1) is 10.5. The number of halogens is 1. The fraction of sp³-hybridized carbons (Fsp3) is 0.625. The lowest BCUT2D eigenvalue weighted by molar-refractivity contribution is 0.181. The molecule has 1 heterocycles. The fourth-order valence-corrected chi connectivity index (χ4v) is 4.81. The van der Waals surface area contributed by atoms with Crippen molar-refractivity contribution in [1.29, 1.82) is 0 Å². The van der Waals surface area contributed by atoms with E-state index in [1.54, 1.807) is 7.11 Å². The smallest absolute Gasteiger partial charge is 0.150 e. The van der Waals surface area contributed by atoms with Crippen molar-refractivity contribution in [3.8, 4) is 0 Å². The number of benzene rings is 1. The molecular weight excluding hydrogens is 322 g/mol. The van der Waals surface area contributed by atoms with E-state index >= 15 is 0 Å². The van der Waals surface area contributed by atoms with Gasteiger partial charge in [0.25, 0.3) is 0 Å². The molecule has 124 valence electrons. The highest BCUT2D eigenvalue weighted by Gasteiger charge is 2.25. The quantitative estimate of drug-likeness (QED) is 0.825. The Labute approximate surface area is 138 Å². The number of nitrogens with one attached hydrogen (secondary N) is 1. The summed E-state index contributed by atoms with van der Waals surface area (Å²) in [5.41, 5.74) is 1.15. The lowest BCUT2D eigenvalue weighted by Crippen LogP contribution is -2.35. The summed E-state index contributed by atoms with van der Waals surface area (Å²) in [6.07, 6.45) is 2.60. The van der Waals surface area contributed by atoms with Gasteiger partial charge in [0.05, 0.1) is 11.5 Å². The Hall–Kier alpha value is -0.620. The highest BCUT2D eigenvalue weighted by Crippen LogP contribution is 2.22. The number of hydrogen-bond donors (Lipinski definition) is 1. The van der Waals surface area contributed by atoms with Crippen molar-refractivity contribution in [3.63, 3.8) is 0 Å². The van der Waals surface area contributed by atoms with Gasteiger partial charge in [-0.15, -0.1) is 0 Å². The molecule has 1 aromatic carbocycles. The van der Waals surface area contributed by atoms with Crippen LogP contribution >= 0.6 is 11.6 Å². The van der Waals surface area contributed by atoms with E-state index in [9.17, 15) is 8.42 Å². The zero-order valence-corrected chi connectivity index (χ0v) is 14.5. The summed E-state index contributed by atoms with van der Waals surface area (Å²) in [4.78, 5) is 0. The van der Waals surface area contributed by atoms with E-state index in [1.807, 2.05) is 24.3 Å². The third kappa shape index (κ3) is 5.54. The molecule has 0 spiro atoms. The molecule has 1 saturated heterocycles. The third-order valence-electron chi connectivity index (χ3n) is 4.09. The molecule has 1 aromatic rings. The van der Waals surface area contributed by atoms with Crippen LogP contribution in [0.1, 0.15) is 30.9 Å². The Bertz CT molecular complexity index is 559. The molecule has 1 aliphatic rings. The zero-order chi connectivity index (χ0) is 16.0. The van der Waals surface area contributed by atoms with E-state index < -0.39 is 9.84 Å². The predicted octanol–water partition coefficient (Wildman–Crippen LogP) is 2.83. The molecule has 2 rings (SSSR count). The maximum absolute atomic E-state index is 11.7. The molecule has 4 nitrogen and oxygen atoms in total. The van der Waals surface area contributed by atoms with Gasteiger partial charge in [-0.3, -0.25) is 0 Å². The van der Waals surface area contributed by atoms with Gasteiger partial charge in [0.15, 0.2) is 9.84 Å². The third-order valence-corrected chi connectivity index (χ3v) is 6.24. The summed E-state index contributed by atoms with van der Waals surface area (Å²) in [5.74, 6) is 0.849. The number of rotatable bonds is 7. The second kappa shape index (κ2) is 8.29. The molecule has 2 atom stereocenters. The molecule has 0 aliphatic carbocycles. The summed E-state index contributed by atoms with van der Waals surface area (Å²) < 4.78 is 28.6. The minimum atomic E-state index is -2.85.